The number of hydrogen-bond donors (Lipinski definition) is 3. The minimum absolute atomic E-state index is 0.0220. The smallest absolute Gasteiger partial charge is 0.334 e. The Morgan fingerprint density at radius 1 is 1.15 bits per heavy atom. The van der Waals surface area contributed by atoms with Gasteiger partial charge in [0.25, 0.3) is 0 Å². The van der Waals surface area contributed by atoms with Crippen LogP contribution < -0.4 is 5.32 Å². The van der Waals surface area contributed by atoms with E-state index in [0.29, 0.717) is 0 Å². The molecule has 1 aromatic carbocycles. The van der Waals surface area contributed by atoms with Gasteiger partial charge in [0, 0.05) is 29.4 Å². The molecule has 8 heteroatoms. The number of halogens is 1. The fourth-order valence-corrected chi connectivity index (χ4v) is 3.23. The summed E-state index contributed by atoms with van der Waals surface area (Å²) in [6.07, 6.45) is 4.43. The second kappa shape index (κ2) is 6.47. The van der Waals surface area contributed by atoms with Gasteiger partial charge in [-0.1, -0.05) is 12.1 Å². The summed E-state index contributed by atoms with van der Waals surface area (Å²) >= 11 is 0. The van der Waals surface area contributed by atoms with Crippen molar-refractivity contribution < 1.29 is 24.2 Å². The molecule has 1 aliphatic heterocycles. The highest BCUT2D eigenvalue weighted by atomic mass is 19.1. The highest BCUT2D eigenvalue weighted by Crippen LogP contribution is 2.40. The van der Waals surface area contributed by atoms with Gasteiger partial charge in [-0.3, -0.25) is 0 Å². The van der Waals surface area contributed by atoms with E-state index in [0.717, 1.165) is 0 Å². The Kier molecular flexibility index (Phi) is 4.33. The molecular formula is C18H16FN3O4. The number of nitrogens with one attached hydrogen (secondary N) is 1. The van der Waals surface area contributed by atoms with Crippen LogP contribution in [0.4, 0.5) is 4.39 Å². The number of rotatable bonds is 4. The second-order valence-corrected chi connectivity index (χ2v) is 5.90. The number of aliphatic carboxylic acids is 2. The van der Waals surface area contributed by atoms with Crippen molar-refractivity contribution in [3.05, 3.63) is 70.8 Å². The number of imidazole rings is 1. The highest BCUT2D eigenvalue weighted by Gasteiger charge is 2.38. The highest BCUT2D eigenvalue weighted by molar-refractivity contribution is 5.98. The molecular weight excluding hydrogens is 341 g/mol. The third-order valence-electron chi connectivity index (χ3n) is 4.32. The maximum absolute atomic E-state index is 15.2. The van der Waals surface area contributed by atoms with Gasteiger partial charge >= 0.3 is 11.9 Å². The largest absolute Gasteiger partial charge is 0.478 e. The molecule has 2 heterocycles. The molecule has 0 bridgehead atoms. The van der Waals surface area contributed by atoms with Gasteiger partial charge in [0.05, 0.1) is 29.1 Å². The summed E-state index contributed by atoms with van der Waals surface area (Å²) in [5.74, 6) is -4.55. The number of nitrogens with zero attached hydrogens (tertiary/aromatic N) is 2. The van der Waals surface area contributed by atoms with Crippen molar-refractivity contribution in [3.63, 3.8) is 0 Å². The molecule has 0 saturated heterocycles. The summed E-state index contributed by atoms with van der Waals surface area (Å²) < 4.78 is 16.7. The van der Waals surface area contributed by atoms with E-state index in [1.165, 1.54) is 43.1 Å². The van der Waals surface area contributed by atoms with Gasteiger partial charge in [0.2, 0.25) is 0 Å². The monoisotopic (exact) mass is 357 g/mol. The number of dihydropyridines is 1. The number of carboxylic acids is 2. The minimum Gasteiger partial charge on any atom is -0.478 e. The van der Waals surface area contributed by atoms with Crippen molar-refractivity contribution in [2.24, 2.45) is 0 Å². The molecule has 0 unspecified atom stereocenters. The fourth-order valence-electron chi connectivity index (χ4n) is 3.23. The van der Waals surface area contributed by atoms with Crippen LogP contribution >= 0.6 is 0 Å². The summed E-state index contributed by atoms with van der Waals surface area (Å²) in [4.78, 5) is 27.5. The van der Waals surface area contributed by atoms with Crippen molar-refractivity contribution in [1.29, 1.82) is 0 Å². The van der Waals surface area contributed by atoms with Gasteiger partial charge in [-0.05, 0) is 19.9 Å². The lowest BCUT2D eigenvalue weighted by Crippen LogP contribution is -2.31. The van der Waals surface area contributed by atoms with Crippen LogP contribution in [0.1, 0.15) is 25.3 Å². The van der Waals surface area contributed by atoms with Gasteiger partial charge in [-0.25, -0.2) is 19.0 Å². The zero-order valence-electron chi connectivity index (χ0n) is 14.0. The first-order chi connectivity index (χ1) is 12.3. The predicted octanol–water partition coefficient (Wildman–Crippen LogP) is 2.42. The van der Waals surface area contributed by atoms with Gasteiger partial charge in [-0.2, -0.15) is 0 Å². The maximum Gasteiger partial charge on any atom is 0.334 e. The van der Waals surface area contributed by atoms with Gasteiger partial charge in [0.15, 0.2) is 5.82 Å². The number of benzene rings is 1. The molecule has 0 saturated carbocycles. The van der Waals surface area contributed by atoms with Gasteiger partial charge in [-0.15, -0.1) is 0 Å². The number of carbonyl (C=O) groups is 2. The van der Waals surface area contributed by atoms with Crippen LogP contribution in [0.3, 0.4) is 0 Å². The number of hydrogen-bond acceptors (Lipinski definition) is 4. The third-order valence-corrected chi connectivity index (χ3v) is 4.32. The molecule has 0 amide bonds. The molecule has 0 aliphatic carbocycles. The fraction of sp³-hybridized carbons (Fsp3) is 0.167. The van der Waals surface area contributed by atoms with E-state index < -0.39 is 23.7 Å². The zero-order valence-corrected chi connectivity index (χ0v) is 14.0. The Balaban J connectivity index is 2.27. The van der Waals surface area contributed by atoms with Crippen molar-refractivity contribution >= 4 is 11.9 Å². The molecule has 0 radical (unpaired) electrons. The molecule has 3 rings (SSSR count). The lowest BCUT2D eigenvalue weighted by Gasteiger charge is -2.29. The van der Waals surface area contributed by atoms with Crippen molar-refractivity contribution in [3.8, 4) is 5.69 Å². The van der Waals surface area contributed by atoms with Crippen molar-refractivity contribution in [1.82, 2.24) is 14.9 Å². The molecule has 7 nitrogen and oxygen atoms in total. The molecule has 0 spiro atoms. The van der Waals surface area contributed by atoms with Crippen LogP contribution in [0, 0.1) is 5.82 Å². The molecule has 3 N–H and O–H groups in total. The molecule has 26 heavy (non-hydrogen) atoms. The van der Waals surface area contributed by atoms with E-state index in [1.807, 2.05) is 0 Å². The van der Waals surface area contributed by atoms with Crippen LogP contribution in [-0.2, 0) is 9.59 Å². The van der Waals surface area contributed by atoms with Crippen molar-refractivity contribution in [2.75, 3.05) is 0 Å². The Bertz CT molecular complexity index is 925. The Morgan fingerprint density at radius 2 is 1.77 bits per heavy atom. The number of carboxylic acid groups (broad SMARTS) is 2. The van der Waals surface area contributed by atoms with E-state index in [1.54, 1.807) is 12.3 Å². The van der Waals surface area contributed by atoms with Crippen LogP contribution in [0.25, 0.3) is 5.69 Å². The zero-order chi connectivity index (χ0) is 19.0. The van der Waals surface area contributed by atoms with E-state index in [9.17, 15) is 19.8 Å². The average Bonchev–Trinajstić information content (AvgIpc) is 3.07. The van der Waals surface area contributed by atoms with Crippen LogP contribution in [0.15, 0.2) is 59.5 Å². The van der Waals surface area contributed by atoms with E-state index in [-0.39, 0.29) is 33.8 Å². The van der Waals surface area contributed by atoms with E-state index >= 15 is 4.39 Å². The van der Waals surface area contributed by atoms with E-state index in [4.69, 9.17) is 0 Å². The predicted molar refractivity (Wildman–Crippen MR) is 90.1 cm³/mol. The van der Waals surface area contributed by atoms with Crippen LogP contribution in [0.5, 0.6) is 0 Å². The number of aromatic nitrogens is 2. The maximum atomic E-state index is 15.2. The minimum atomic E-state index is -1.31. The molecule has 0 atom stereocenters. The second-order valence-electron chi connectivity index (χ2n) is 5.90. The third kappa shape index (κ3) is 2.75. The first kappa shape index (κ1) is 17.4. The standard InChI is InChI=1S/C18H16FN3O4/c1-9-13(17(23)24)15(14(18(25)26)10(2)21-9)11-4-3-5-12(16(11)19)22-7-6-20-8-22/h3-8,15,21H,1-2H3,(H,23,24)(H,25,26). The Morgan fingerprint density at radius 3 is 2.27 bits per heavy atom. The Hall–Kier alpha value is -3.42. The lowest BCUT2D eigenvalue weighted by atomic mass is 9.80. The molecule has 2 aromatic rings. The molecule has 0 fully saturated rings. The normalized spacial score (nSPS) is 15.2. The summed E-state index contributed by atoms with van der Waals surface area (Å²) in [5.41, 5.74) is 0.286. The number of allylic oxidation sites excluding steroid dienone is 2. The first-order valence-corrected chi connectivity index (χ1v) is 7.74. The van der Waals surface area contributed by atoms with Crippen LogP contribution in [0.2, 0.25) is 0 Å². The SMILES string of the molecule is CC1=C(C(=O)O)C(c2cccc(-n3ccnc3)c2F)C(C(=O)O)=C(C)N1. The molecule has 1 aromatic heterocycles. The topological polar surface area (TPSA) is 104 Å². The van der Waals surface area contributed by atoms with Crippen LogP contribution in [-0.4, -0.2) is 31.7 Å². The first-order valence-electron chi connectivity index (χ1n) is 7.74. The average molecular weight is 357 g/mol. The summed E-state index contributed by atoms with van der Waals surface area (Å²) in [7, 11) is 0. The summed E-state index contributed by atoms with van der Waals surface area (Å²) in [6.45, 7) is 3.05. The quantitative estimate of drug-likeness (QED) is 0.776. The van der Waals surface area contributed by atoms with Crippen molar-refractivity contribution in [2.45, 2.75) is 19.8 Å². The molecule has 134 valence electrons. The molecule has 1 aliphatic rings. The lowest BCUT2D eigenvalue weighted by molar-refractivity contribution is -0.133. The van der Waals surface area contributed by atoms with Gasteiger partial charge in [0.1, 0.15) is 0 Å². The Labute approximate surface area is 148 Å². The van der Waals surface area contributed by atoms with E-state index in [2.05, 4.69) is 10.3 Å². The summed E-state index contributed by atoms with van der Waals surface area (Å²) in [6, 6.07) is 4.47. The summed E-state index contributed by atoms with van der Waals surface area (Å²) in [5, 5.41) is 22.0. The van der Waals surface area contributed by atoms with Gasteiger partial charge < -0.3 is 20.1 Å².